The third kappa shape index (κ3) is 5.69. The van der Waals surface area contributed by atoms with Crippen molar-refractivity contribution in [2.45, 2.75) is 20.3 Å². The first-order valence-corrected chi connectivity index (χ1v) is 8.47. The van der Waals surface area contributed by atoms with E-state index in [-0.39, 0.29) is 16.9 Å². The molecule has 0 radical (unpaired) electrons. The predicted molar refractivity (Wildman–Crippen MR) is 104 cm³/mol. The molecular weight excluding hydrogens is 334 g/mol. The number of rotatable bonds is 5. The maximum absolute atomic E-state index is 12.2. The Morgan fingerprint density at radius 3 is 2.36 bits per heavy atom. The average Bonchev–Trinajstić information content (AvgIpc) is 2.59. The van der Waals surface area contributed by atoms with Gasteiger partial charge in [-0.25, -0.2) is 0 Å². The van der Waals surface area contributed by atoms with Crippen LogP contribution in [0.4, 0.5) is 5.69 Å². The van der Waals surface area contributed by atoms with Gasteiger partial charge in [-0.1, -0.05) is 30.7 Å². The Labute approximate surface area is 152 Å². The lowest BCUT2D eigenvalue weighted by Crippen LogP contribution is -2.34. The molecule has 0 heterocycles. The normalized spacial score (nSPS) is 10.0. The summed E-state index contributed by atoms with van der Waals surface area (Å²) in [4.78, 5) is 24.2. The maximum Gasteiger partial charge on any atom is 0.257 e. The van der Waals surface area contributed by atoms with E-state index in [1.165, 1.54) is 0 Å². The number of nitrogens with one attached hydrogen (secondary N) is 3. The Morgan fingerprint density at radius 2 is 1.68 bits per heavy atom. The molecule has 0 spiro atoms. The van der Waals surface area contributed by atoms with E-state index in [9.17, 15) is 9.59 Å². The first-order valence-electron chi connectivity index (χ1n) is 8.07. The summed E-state index contributed by atoms with van der Waals surface area (Å²) in [6.45, 7) is 4.54. The number of thiocarbonyl (C=S) groups is 1. The van der Waals surface area contributed by atoms with Gasteiger partial charge in [-0.05, 0) is 55.9 Å². The second kappa shape index (κ2) is 8.94. The summed E-state index contributed by atoms with van der Waals surface area (Å²) >= 11 is 5.18. The third-order valence-electron chi connectivity index (χ3n) is 3.43. The van der Waals surface area contributed by atoms with Crippen molar-refractivity contribution in [2.75, 3.05) is 11.9 Å². The van der Waals surface area contributed by atoms with E-state index in [0.717, 1.165) is 12.0 Å². The predicted octanol–water partition coefficient (Wildman–Crippen LogP) is 3.26. The fourth-order valence-electron chi connectivity index (χ4n) is 2.20. The standard InChI is InChI=1S/C19H21N3O2S/c1-3-10-20-17(23)15-8-5-9-16(12-15)21-19(25)22-18(24)14-7-4-6-13(2)11-14/h4-9,11-12H,3,10H2,1-2H3,(H,20,23)(H2,21,22,24,25). The molecule has 0 aliphatic rings. The summed E-state index contributed by atoms with van der Waals surface area (Å²) in [7, 11) is 0. The topological polar surface area (TPSA) is 70.2 Å². The van der Waals surface area contributed by atoms with Crippen LogP contribution in [0.5, 0.6) is 0 Å². The molecule has 3 N–H and O–H groups in total. The zero-order chi connectivity index (χ0) is 18.2. The quantitative estimate of drug-likeness (QED) is 0.720. The molecule has 0 aliphatic heterocycles. The van der Waals surface area contributed by atoms with E-state index in [1.54, 1.807) is 36.4 Å². The molecule has 0 bridgehead atoms. The molecule has 0 atom stereocenters. The highest BCUT2D eigenvalue weighted by Gasteiger charge is 2.09. The molecule has 25 heavy (non-hydrogen) atoms. The van der Waals surface area contributed by atoms with E-state index in [0.29, 0.717) is 23.4 Å². The summed E-state index contributed by atoms with van der Waals surface area (Å²) in [6.07, 6.45) is 0.874. The molecule has 2 aromatic rings. The van der Waals surface area contributed by atoms with Crippen LogP contribution in [0, 0.1) is 6.92 Å². The molecule has 2 amide bonds. The number of carbonyl (C=O) groups is 2. The van der Waals surface area contributed by atoms with Crippen LogP contribution in [-0.2, 0) is 0 Å². The van der Waals surface area contributed by atoms with Gasteiger partial charge in [0.2, 0.25) is 0 Å². The molecule has 0 fully saturated rings. The smallest absolute Gasteiger partial charge is 0.257 e. The van der Waals surface area contributed by atoms with Crippen LogP contribution in [0.1, 0.15) is 39.6 Å². The van der Waals surface area contributed by atoms with Crippen LogP contribution in [-0.4, -0.2) is 23.5 Å². The zero-order valence-electron chi connectivity index (χ0n) is 14.3. The lowest BCUT2D eigenvalue weighted by atomic mass is 10.1. The van der Waals surface area contributed by atoms with Gasteiger partial charge in [0.25, 0.3) is 11.8 Å². The van der Waals surface area contributed by atoms with Crippen LogP contribution >= 0.6 is 12.2 Å². The number of hydrogen-bond donors (Lipinski definition) is 3. The highest BCUT2D eigenvalue weighted by molar-refractivity contribution is 7.80. The van der Waals surface area contributed by atoms with Gasteiger partial charge in [0.05, 0.1) is 0 Å². The second-order valence-corrected chi connectivity index (χ2v) is 6.02. The second-order valence-electron chi connectivity index (χ2n) is 5.61. The molecule has 0 aromatic heterocycles. The summed E-state index contributed by atoms with van der Waals surface area (Å²) in [5.41, 5.74) is 2.71. The van der Waals surface area contributed by atoms with Gasteiger partial charge in [-0.2, -0.15) is 0 Å². The highest BCUT2D eigenvalue weighted by atomic mass is 32.1. The monoisotopic (exact) mass is 355 g/mol. The number of aryl methyl sites for hydroxylation is 1. The van der Waals surface area contributed by atoms with E-state index in [1.807, 2.05) is 26.0 Å². The minimum atomic E-state index is -0.280. The van der Waals surface area contributed by atoms with Crippen molar-refractivity contribution in [3.63, 3.8) is 0 Å². The fourth-order valence-corrected chi connectivity index (χ4v) is 2.41. The molecule has 0 aliphatic carbocycles. The third-order valence-corrected chi connectivity index (χ3v) is 3.63. The molecule has 5 nitrogen and oxygen atoms in total. The Bertz CT molecular complexity index is 790. The van der Waals surface area contributed by atoms with Crippen molar-refractivity contribution >= 4 is 34.8 Å². The Balaban J connectivity index is 1.98. The number of anilines is 1. The van der Waals surface area contributed by atoms with E-state index < -0.39 is 0 Å². The van der Waals surface area contributed by atoms with Crippen molar-refractivity contribution in [1.82, 2.24) is 10.6 Å². The lowest BCUT2D eigenvalue weighted by molar-refractivity contribution is 0.0951. The molecule has 0 unspecified atom stereocenters. The minimum absolute atomic E-state index is 0.139. The van der Waals surface area contributed by atoms with E-state index >= 15 is 0 Å². The summed E-state index contributed by atoms with van der Waals surface area (Å²) < 4.78 is 0. The van der Waals surface area contributed by atoms with Crippen molar-refractivity contribution in [3.8, 4) is 0 Å². The van der Waals surface area contributed by atoms with Crippen LogP contribution in [0.25, 0.3) is 0 Å². The number of benzene rings is 2. The Morgan fingerprint density at radius 1 is 1.00 bits per heavy atom. The maximum atomic E-state index is 12.2. The SMILES string of the molecule is CCCNC(=O)c1cccc(NC(=S)NC(=O)c2cccc(C)c2)c1. The van der Waals surface area contributed by atoms with Crippen molar-refractivity contribution in [3.05, 3.63) is 65.2 Å². The van der Waals surface area contributed by atoms with Gasteiger partial charge in [0.15, 0.2) is 5.11 Å². The highest BCUT2D eigenvalue weighted by Crippen LogP contribution is 2.11. The molecular formula is C19H21N3O2S. The molecule has 0 saturated carbocycles. The molecule has 6 heteroatoms. The minimum Gasteiger partial charge on any atom is -0.352 e. The summed E-state index contributed by atoms with van der Waals surface area (Å²) in [5.74, 6) is -0.418. The summed E-state index contributed by atoms with van der Waals surface area (Å²) in [6, 6.07) is 14.2. The van der Waals surface area contributed by atoms with Gasteiger partial charge >= 0.3 is 0 Å². The van der Waals surface area contributed by atoms with E-state index in [4.69, 9.17) is 12.2 Å². The Hall–Kier alpha value is -2.73. The van der Waals surface area contributed by atoms with Crippen LogP contribution < -0.4 is 16.0 Å². The van der Waals surface area contributed by atoms with Crippen molar-refractivity contribution in [2.24, 2.45) is 0 Å². The summed E-state index contributed by atoms with van der Waals surface area (Å²) in [5, 5.41) is 8.56. The first-order chi connectivity index (χ1) is 12.0. The van der Waals surface area contributed by atoms with Crippen molar-refractivity contribution < 1.29 is 9.59 Å². The average molecular weight is 355 g/mol. The first kappa shape index (κ1) is 18.6. The van der Waals surface area contributed by atoms with Gasteiger partial charge in [-0.3, -0.25) is 14.9 Å². The van der Waals surface area contributed by atoms with Gasteiger partial charge in [0.1, 0.15) is 0 Å². The van der Waals surface area contributed by atoms with Gasteiger partial charge in [0, 0.05) is 23.4 Å². The van der Waals surface area contributed by atoms with Gasteiger partial charge < -0.3 is 10.6 Å². The fraction of sp³-hybridized carbons (Fsp3) is 0.211. The largest absolute Gasteiger partial charge is 0.352 e. The zero-order valence-corrected chi connectivity index (χ0v) is 15.1. The molecule has 2 rings (SSSR count). The Kier molecular flexibility index (Phi) is 6.65. The lowest BCUT2D eigenvalue weighted by Gasteiger charge is -2.11. The molecule has 130 valence electrons. The van der Waals surface area contributed by atoms with Crippen LogP contribution in [0.15, 0.2) is 48.5 Å². The van der Waals surface area contributed by atoms with Crippen molar-refractivity contribution in [1.29, 1.82) is 0 Å². The molecule has 0 saturated heterocycles. The van der Waals surface area contributed by atoms with Crippen LogP contribution in [0.3, 0.4) is 0 Å². The number of hydrogen-bond acceptors (Lipinski definition) is 3. The number of amides is 2. The van der Waals surface area contributed by atoms with Crippen LogP contribution in [0.2, 0.25) is 0 Å². The molecule has 2 aromatic carbocycles. The van der Waals surface area contributed by atoms with E-state index in [2.05, 4.69) is 16.0 Å². The number of carbonyl (C=O) groups excluding carboxylic acids is 2. The van der Waals surface area contributed by atoms with Gasteiger partial charge in [-0.15, -0.1) is 0 Å².